The quantitative estimate of drug-likeness (QED) is 0.593. The van der Waals surface area contributed by atoms with Gasteiger partial charge in [0.25, 0.3) is 0 Å². The first-order valence-electron chi connectivity index (χ1n) is 4.69. The van der Waals surface area contributed by atoms with Gasteiger partial charge < -0.3 is 0 Å². The molecule has 1 rings (SSSR count). The number of Topliss-reactive ketones (excluding diaryl/α,β-unsaturated/α-hetero) is 1. The maximum atomic E-state index is 11.9. The van der Waals surface area contributed by atoms with E-state index in [1.165, 1.54) is 6.92 Å². The molecule has 0 aliphatic heterocycles. The van der Waals surface area contributed by atoms with E-state index < -0.39 is 12.6 Å². The molecule has 0 amide bonds. The Balaban J connectivity index is 2.55. The van der Waals surface area contributed by atoms with Crippen LogP contribution in [0.4, 0.5) is 13.2 Å². The van der Waals surface area contributed by atoms with Gasteiger partial charge in [0.05, 0.1) is 6.42 Å². The van der Waals surface area contributed by atoms with Crippen LogP contribution in [-0.4, -0.2) is 17.7 Å². The molecule has 0 saturated heterocycles. The van der Waals surface area contributed by atoms with Gasteiger partial charge in [-0.3, -0.25) is 4.79 Å². The Morgan fingerprint density at radius 2 is 2.06 bits per heavy atom. The lowest BCUT2D eigenvalue weighted by Gasteiger charge is -2.06. The molecule has 0 saturated carbocycles. The Hall–Kier alpha value is -0.970. The SMILES string of the molecule is CC(=O)c1cccc(SCCC(F)(F)F)c1. The van der Waals surface area contributed by atoms with Crippen LogP contribution < -0.4 is 0 Å². The van der Waals surface area contributed by atoms with E-state index >= 15 is 0 Å². The molecule has 88 valence electrons. The predicted molar refractivity (Wildman–Crippen MR) is 57.8 cm³/mol. The molecule has 0 radical (unpaired) electrons. The molecule has 0 fully saturated rings. The molecule has 0 aliphatic rings. The fraction of sp³-hybridized carbons (Fsp3) is 0.364. The highest BCUT2D eigenvalue weighted by Crippen LogP contribution is 2.26. The molecule has 0 aliphatic carbocycles. The zero-order chi connectivity index (χ0) is 12.2. The fourth-order valence-corrected chi connectivity index (χ4v) is 2.04. The molecule has 0 N–H and O–H groups in total. The number of rotatable bonds is 4. The Labute approximate surface area is 96.0 Å². The number of benzene rings is 1. The molecule has 0 heterocycles. The van der Waals surface area contributed by atoms with Crippen LogP contribution in [0.15, 0.2) is 29.2 Å². The Kier molecular flexibility index (Phi) is 4.41. The van der Waals surface area contributed by atoms with Gasteiger partial charge in [0.15, 0.2) is 5.78 Å². The van der Waals surface area contributed by atoms with E-state index in [-0.39, 0.29) is 11.5 Å². The molecule has 0 bridgehead atoms. The number of alkyl halides is 3. The average Bonchev–Trinajstić information content (AvgIpc) is 2.16. The lowest BCUT2D eigenvalue weighted by atomic mass is 10.2. The molecular formula is C11H11F3OS. The monoisotopic (exact) mass is 248 g/mol. The second kappa shape index (κ2) is 5.39. The smallest absolute Gasteiger partial charge is 0.295 e. The van der Waals surface area contributed by atoms with Crippen molar-refractivity contribution in [3.05, 3.63) is 29.8 Å². The summed E-state index contributed by atoms with van der Waals surface area (Å²) in [5.41, 5.74) is 0.525. The van der Waals surface area contributed by atoms with E-state index in [0.29, 0.717) is 10.5 Å². The third-order valence-corrected chi connectivity index (χ3v) is 2.89. The number of halogens is 3. The summed E-state index contributed by atoms with van der Waals surface area (Å²) in [6.07, 6.45) is -4.94. The van der Waals surface area contributed by atoms with Gasteiger partial charge in [-0.25, -0.2) is 0 Å². The Morgan fingerprint density at radius 3 is 2.62 bits per heavy atom. The van der Waals surface area contributed by atoms with Crippen molar-refractivity contribution in [1.29, 1.82) is 0 Å². The van der Waals surface area contributed by atoms with Gasteiger partial charge in [0.1, 0.15) is 0 Å². The van der Waals surface area contributed by atoms with E-state index in [1.807, 2.05) is 0 Å². The van der Waals surface area contributed by atoms with E-state index in [9.17, 15) is 18.0 Å². The minimum Gasteiger partial charge on any atom is -0.295 e. The first-order chi connectivity index (χ1) is 7.38. The second-order valence-corrected chi connectivity index (χ2v) is 4.47. The van der Waals surface area contributed by atoms with Crippen molar-refractivity contribution in [2.45, 2.75) is 24.4 Å². The zero-order valence-electron chi connectivity index (χ0n) is 8.67. The number of thioether (sulfide) groups is 1. The molecule has 0 atom stereocenters. The Bertz CT molecular complexity index is 374. The van der Waals surface area contributed by atoms with E-state index in [4.69, 9.17) is 0 Å². The number of hydrogen-bond acceptors (Lipinski definition) is 2. The van der Waals surface area contributed by atoms with Crippen LogP contribution in [0.1, 0.15) is 23.7 Å². The molecule has 0 unspecified atom stereocenters. The highest BCUT2D eigenvalue weighted by atomic mass is 32.2. The van der Waals surface area contributed by atoms with Crippen LogP contribution >= 0.6 is 11.8 Å². The molecule has 1 aromatic rings. The van der Waals surface area contributed by atoms with Crippen molar-refractivity contribution in [1.82, 2.24) is 0 Å². The minimum absolute atomic E-state index is 0.0230. The molecule has 1 nitrogen and oxygen atoms in total. The van der Waals surface area contributed by atoms with Gasteiger partial charge in [-0.2, -0.15) is 13.2 Å². The number of carbonyl (C=O) groups is 1. The third-order valence-electron chi connectivity index (χ3n) is 1.89. The normalized spacial score (nSPS) is 11.5. The van der Waals surface area contributed by atoms with Crippen LogP contribution in [0.3, 0.4) is 0 Å². The minimum atomic E-state index is -4.12. The van der Waals surface area contributed by atoms with Crippen molar-refractivity contribution in [2.75, 3.05) is 5.75 Å². The molecular weight excluding hydrogens is 237 g/mol. The summed E-state index contributed by atoms with van der Waals surface area (Å²) in [6.45, 7) is 1.43. The fourth-order valence-electron chi connectivity index (χ4n) is 1.09. The predicted octanol–water partition coefficient (Wildman–Crippen LogP) is 3.93. The topological polar surface area (TPSA) is 17.1 Å². The maximum absolute atomic E-state index is 11.9. The summed E-state index contributed by atoms with van der Waals surface area (Å²) in [4.78, 5) is 11.7. The summed E-state index contributed by atoms with van der Waals surface area (Å²) in [5.74, 6) is -0.108. The van der Waals surface area contributed by atoms with Crippen molar-refractivity contribution in [3.8, 4) is 0 Å². The average molecular weight is 248 g/mol. The molecule has 0 spiro atoms. The van der Waals surface area contributed by atoms with E-state index in [0.717, 1.165) is 11.8 Å². The van der Waals surface area contributed by atoms with Gasteiger partial charge in [0, 0.05) is 16.2 Å². The van der Waals surface area contributed by atoms with Crippen molar-refractivity contribution < 1.29 is 18.0 Å². The van der Waals surface area contributed by atoms with Crippen LogP contribution in [0.5, 0.6) is 0 Å². The van der Waals surface area contributed by atoms with Crippen LogP contribution in [0, 0.1) is 0 Å². The van der Waals surface area contributed by atoms with Gasteiger partial charge >= 0.3 is 6.18 Å². The van der Waals surface area contributed by atoms with Crippen LogP contribution in [0.25, 0.3) is 0 Å². The van der Waals surface area contributed by atoms with Crippen molar-refractivity contribution >= 4 is 17.5 Å². The van der Waals surface area contributed by atoms with Crippen LogP contribution in [0.2, 0.25) is 0 Å². The third kappa shape index (κ3) is 4.70. The molecule has 0 aromatic heterocycles. The first-order valence-corrected chi connectivity index (χ1v) is 5.67. The molecule has 5 heteroatoms. The summed E-state index contributed by atoms with van der Waals surface area (Å²) in [5, 5.41) is 0. The summed E-state index contributed by atoms with van der Waals surface area (Å²) >= 11 is 1.11. The highest BCUT2D eigenvalue weighted by molar-refractivity contribution is 7.99. The highest BCUT2D eigenvalue weighted by Gasteiger charge is 2.26. The largest absolute Gasteiger partial charge is 0.389 e. The number of hydrogen-bond donors (Lipinski definition) is 0. The lowest BCUT2D eigenvalue weighted by Crippen LogP contribution is -2.07. The van der Waals surface area contributed by atoms with Gasteiger partial charge in [0.2, 0.25) is 0 Å². The molecule has 1 aromatic carbocycles. The maximum Gasteiger partial charge on any atom is 0.389 e. The van der Waals surface area contributed by atoms with Gasteiger partial charge in [-0.1, -0.05) is 12.1 Å². The van der Waals surface area contributed by atoms with Gasteiger partial charge in [-0.05, 0) is 19.1 Å². The lowest BCUT2D eigenvalue weighted by molar-refractivity contribution is -0.129. The number of ketones is 1. The second-order valence-electron chi connectivity index (χ2n) is 3.30. The first kappa shape index (κ1) is 13.1. The number of carbonyl (C=O) groups excluding carboxylic acids is 1. The standard InChI is InChI=1S/C11H11F3OS/c1-8(15)9-3-2-4-10(7-9)16-6-5-11(12,13)14/h2-4,7H,5-6H2,1H3. The van der Waals surface area contributed by atoms with Crippen molar-refractivity contribution in [2.24, 2.45) is 0 Å². The van der Waals surface area contributed by atoms with E-state index in [1.54, 1.807) is 24.3 Å². The summed E-state index contributed by atoms with van der Waals surface area (Å²) in [7, 11) is 0. The molecule has 16 heavy (non-hydrogen) atoms. The van der Waals surface area contributed by atoms with Crippen molar-refractivity contribution in [3.63, 3.8) is 0 Å². The van der Waals surface area contributed by atoms with E-state index in [2.05, 4.69) is 0 Å². The van der Waals surface area contributed by atoms with Crippen LogP contribution in [-0.2, 0) is 0 Å². The zero-order valence-corrected chi connectivity index (χ0v) is 9.49. The summed E-state index contributed by atoms with van der Waals surface area (Å²) < 4.78 is 35.7. The Morgan fingerprint density at radius 1 is 1.38 bits per heavy atom. The van der Waals surface area contributed by atoms with Gasteiger partial charge in [-0.15, -0.1) is 11.8 Å². The summed E-state index contributed by atoms with van der Waals surface area (Å²) in [6, 6.07) is 6.64.